The highest BCUT2D eigenvalue weighted by molar-refractivity contribution is 6.35. The Balaban J connectivity index is 1.82. The molecule has 1 fully saturated rings. The van der Waals surface area contributed by atoms with Crippen LogP contribution in [0, 0.1) is 5.92 Å². The molecular weight excluding hydrogens is 281 g/mol. The van der Waals surface area contributed by atoms with Gasteiger partial charge in [-0.2, -0.15) is 0 Å². The molecule has 1 saturated carbocycles. The molecule has 104 valence electrons. The SMILES string of the molecule is CC1CCC(NC2CCOc3c(Cl)cc(Cl)cc32)C1. The van der Waals surface area contributed by atoms with Crippen LogP contribution in [0.2, 0.25) is 10.0 Å². The largest absolute Gasteiger partial charge is 0.492 e. The van der Waals surface area contributed by atoms with E-state index in [0.717, 1.165) is 23.7 Å². The standard InChI is InChI=1S/C15H19Cl2NO/c1-9-2-3-11(6-9)18-14-4-5-19-15-12(14)7-10(16)8-13(15)17/h7-9,11,14,18H,2-6H2,1H3. The van der Waals surface area contributed by atoms with E-state index >= 15 is 0 Å². The molecule has 0 saturated heterocycles. The van der Waals surface area contributed by atoms with Gasteiger partial charge in [-0.1, -0.05) is 30.1 Å². The summed E-state index contributed by atoms with van der Waals surface area (Å²) in [5, 5.41) is 5.06. The van der Waals surface area contributed by atoms with Gasteiger partial charge in [0.15, 0.2) is 0 Å². The van der Waals surface area contributed by atoms with Crippen LogP contribution in [0.3, 0.4) is 0 Å². The van der Waals surface area contributed by atoms with Gasteiger partial charge in [0, 0.05) is 29.1 Å². The summed E-state index contributed by atoms with van der Waals surface area (Å²) in [5.74, 6) is 1.64. The number of hydrogen-bond donors (Lipinski definition) is 1. The molecule has 0 spiro atoms. The Morgan fingerprint density at radius 3 is 2.79 bits per heavy atom. The summed E-state index contributed by atoms with van der Waals surface area (Å²) >= 11 is 12.3. The van der Waals surface area contributed by atoms with Crippen molar-refractivity contribution in [2.75, 3.05) is 6.61 Å². The van der Waals surface area contributed by atoms with Crippen LogP contribution >= 0.6 is 23.2 Å². The van der Waals surface area contributed by atoms with Gasteiger partial charge in [-0.15, -0.1) is 0 Å². The van der Waals surface area contributed by atoms with Crippen LogP contribution in [0.5, 0.6) is 5.75 Å². The first-order valence-corrected chi connectivity index (χ1v) is 7.77. The number of fused-ring (bicyclic) bond motifs is 1. The Kier molecular flexibility index (Phi) is 3.93. The topological polar surface area (TPSA) is 21.3 Å². The molecule has 0 radical (unpaired) electrons. The number of hydrogen-bond acceptors (Lipinski definition) is 2. The van der Waals surface area contributed by atoms with Crippen LogP contribution < -0.4 is 10.1 Å². The maximum absolute atomic E-state index is 6.22. The average Bonchev–Trinajstić information content (AvgIpc) is 2.76. The van der Waals surface area contributed by atoms with E-state index in [4.69, 9.17) is 27.9 Å². The lowest BCUT2D eigenvalue weighted by Crippen LogP contribution is -2.34. The van der Waals surface area contributed by atoms with Crippen LogP contribution in [0.1, 0.15) is 44.2 Å². The summed E-state index contributed by atoms with van der Waals surface area (Å²) in [7, 11) is 0. The Bertz CT molecular complexity index is 477. The zero-order valence-electron chi connectivity index (χ0n) is 11.1. The minimum Gasteiger partial charge on any atom is -0.492 e. The van der Waals surface area contributed by atoms with Gasteiger partial charge in [0.25, 0.3) is 0 Å². The van der Waals surface area contributed by atoms with Gasteiger partial charge >= 0.3 is 0 Å². The van der Waals surface area contributed by atoms with Gasteiger partial charge in [0.05, 0.1) is 11.6 Å². The van der Waals surface area contributed by atoms with E-state index in [1.807, 2.05) is 6.07 Å². The third-order valence-electron chi connectivity index (χ3n) is 4.20. The van der Waals surface area contributed by atoms with Crippen molar-refractivity contribution in [2.24, 2.45) is 5.92 Å². The number of benzene rings is 1. The van der Waals surface area contributed by atoms with Crippen molar-refractivity contribution >= 4 is 23.2 Å². The lowest BCUT2D eigenvalue weighted by Gasteiger charge is -2.30. The summed E-state index contributed by atoms with van der Waals surface area (Å²) in [6.45, 7) is 3.04. The first kappa shape index (κ1) is 13.5. The van der Waals surface area contributed by atoms with Crippen LogP contribution in [0.15, 0.2) is 12.1 Å². The fourth-order valence-corrected chi connectivity index (χ4v) is 3.81. The number of rotatable bonds is 2. The van der Waals surface area contributed by atoms with Gasteiger partial charge in [0.2, 0.25) is 0 Å². The summed E-state index contributed by atoms with van der Waals surface area (Å²) < 4.78 is 5.69. The van der Waals surface area contributed by atoms with E-state index in [1.54, 1.807) is 6.07 Å². The average molecular weight is 300 g/mol. The maximum atomic E-state index is 6.22. The number of halogens is 2. The molecule has 0 bridgehead atoms. The van der Waals surface area contributed by atoms with Crippen molar-refractivity contribution in [3.63, 3.8) is 0 Å². The monoisotopic (exact) mass is 299 g/mol. The van der Waals surface area contributed by atoms with Crippen LogP contribution in [0.25, 0.3) is 0 Å². The summed E-state index contributed by atoms with van der Waals surface area (Å²) in [6, 6.07) is 4.67. The Morgan fingerprint density at radius 2 is 2.05 bits per heavy atom. The van der Waals surface area contributed by atoms with E-state index in [-0.39, 0.29) is 0 Å². The van der Waals surface area contributed by atoms with Gasteiger partial charge in [-0.05, 0) is 37.3 Å². The predicted octanol–water partition coefficient (Wildman–Crippen LogP) is 4.60. The highest BCUT2D eigenvalue weighted by atomic mass is 35.5. The van der Waals surface area contributed by atoms with Crippen LogP contribution in [-0.4, -0.2) is 12.6 Å². The molecular formula is C15H19Cl2NO. The van der Waals surface area contributed by atoms with Crippen molar-refractivity contribution in [3.8, 4) is 5.75 Å². The smallest absolute Gasteiger partial charge is 0.142 e. The molecule has 0 aromatic heterocycles. The molecule has 3 unspecified atom stereocenters. The van der Waals surface area contributed by atoms with E-state index < -0.39 is 0 Å². The van der Waals surface area contributed by atoms with Crippen LogP contribution in [-0.2, 0) is 0 Å². The molecule has 2 nitrogen and oxygen atoms in total. The van der Waals surface area contributed by atoms with Crippen molar-refractivity contribution in [1.82, 2.24) is 5.32 Å². The Hall–Kier alpha value is -0.440. The van der Waals surface area contributed by atoms with Gasteiger partial charge in [-0.25, -0.2) is 0 Å². The zero-order valence-corrected chi connectivity index (χ0v) is 12.6. The predicted molar refractivity (Wildman–Crippen MR) is 79.3 cm³/mol. The molecule has 0 amide bonds. The zero-order chi connectivity index (χ0) is 13.4. The number of nitrogens with one attached hydrogen (secondary N) is 1. The van der Waals surface area contributed by atoms with Crippen molar-refractivity contribution < 1.29 is 4.74 Å². The quantitative estimate of drug-likeness (QED) is 0.862. The third kappa shape index (κ3) is 2.86. The summed E-state index contributed by atoms with van der Waals surface area (Å²) in [6.07, 6.45) is 4.84. The van der Waals surface area contributed by atoms with Crippen molar-refractivity contribution in [2.45, 2.75) is 44.7 Å². The minimum atomic E-state index is 0.315. The van der Waals surface area contributed by atoms with E-state index in [1.165, 1.54) is 19.3 Å². The molecule has 3 atom stereocenters. The second kappa shape index (κ2) is 5.51. The third-order valence-corrected chi connectivity index (χ3v) is 4.70. The van der Waals surface area contributed by atoms with E-state index in [9.17, 15) is 0 Å². The molecule has 1 aliphatic carbocycles. The van der Waals surface area contributed by atoms with Crippen molar-refractivity contribution in [3.05, 3.63) is 27.7 Å². The lowest BCUT2D eigenvalue weighted by atomic mass is 9.99. The first-order chi connectivity index (χ1) is 9.13. The number of ether oxygens (including phenoxy) is 1. The van der Waals surface area contributed by atoms with E-state index in [0.29, 0.717) is 28.7 Å². The van der Waals surface area contributed by atoms with Crippen LogP contribution in [0.4, 0.5) is 0 Å². The second-order valence-corrected chi connectivity index (χ2v) is 6.62. The van der Waals surface area contributed by atoms with Gasteiger partial charge in [0.1, 0.15) is 5.75 Å². The molecule has 3 rings (SSSR count). The Morgan fingerprint density at radius 1 is 1.21 bits per heavy atom. The molecule has 1 aliphatic heterocycles. The minimum absolute atomic E-state index is 0.315. The molecule has 1 N–H and O–H groups in total. The fourth-order valence-electron chi connectivity index (χ4n) is 3.24. The maximum Gasteiger partial charge on any atom is 0.142 e. The molecule has 1 aromatic carbocycles. The first-order valence-electron chi connectivity index (χ1n) is 7.01. The van der Waals surface area contributed by atoms with Gasteiger partial charge in [-0.3, -0.25) is 0 Å². The molecule has 1 aromatic rings. The highest BCUT2D eigenvalue weighted by Gasteiger charge is 2.29. The molecule has 1 heterocycles. The molecule has 19 heavy (non-hydrogen) atoms. The van der Waals surface area contributed by atoms with E-state index in [2.05, 4.69) is 12.2 Å². The summed E-state index contributed by atoms with van der Waals surface area (Å²) in [4.78, 5) is 0. The molecule has 4 heteroatoms. The van der Waals surface area contributed by atoms with Gasteiger partial charge < -0.3 is 10.1 Å². The summed E-state index contributed by atoms with van der Waals surface area (Å²) in [5.41, 5.74) is 1.11. The second-order valence-electron chi connectivity index (χ2n) is 5.78. The fraction of sp³-hybridized carbons (Fsp3) is 0.600. The van der Waals surface area contributed by atoms with Crippen molar-refractivity contribution in [1.29, 1.82) is 0 Å². The lowest BCUT2D eigenvalue weighted by molar-refractivity contribution is 0.243. The molecule has 2 aliphatic rings. The Labute approximate surface area is 124 Å². The normalized spacial score (nSPS) is 29.9. The highest BCUT2D eigenvalue weighted by Crippen LogP contribution is 2.40.